The van der Waals surface area contributed by atoms with Crippen LogP contribution in [0.5, 0.6) is 5.75 Å². The zero-order valence-electron chi connectivity index (χ0n) is 14.9. The molecule has 1 unspecified atom stereocenters. The van der Waals surface area contributed by atoms with Crippen LogP contribution in [0.15, 0.2) is 24.3 Å². The molecule has 7 nitrogen and oxygen atoms in total. The number of carboxylic acids is 1. The van der Waals surface area contributed by atoms with E-state index in [0.29, 0.717) is 19.3 Å². The van der Waals surface area contributed by atoms with Crippen LogP contribution in [0.4, 0.5) is 8.78 Å². The van der Waals surface area contributed by atoms with Gasteiger partial charge in [-0.1, -0.05) is 19.1 Å². The van der Waals surface area contributed by atoms with Crippen LogP contribution in [0.2, 0.25) is 0 Å². The van der Waals surface area contributed by atoms with E-state index in [0.717, 1.165) is 0 Å². The molecule has 148 valence electrons. The van der Waals surface area contributed by atoms with Crippen molar-refractivity contribution in [1.82, 2.24) is 9.80 Å². The average molecular weight is 384 g/mol. The minimum absolute atomic E-state index is 0.0576. The van der Waals surface area contributed by atoms with Crippen molar-refractivity contribution in [3.05, 3.63) is 29.8 Å². The molecule has 0 saturated carbocycles. The van der Waals surface area contributed by atoms with Crippen LogP contribution < -0.4 is 4.74 Å². The molecule has 0 spiro atoms. The molecule has 1 aliphatic rings. The number of carbonyl (C=O) groups excluding carboxylic acids is 2. The molecule has 0 radical (unpaired) electrons. The van der Waals surface area contributed by atoms with E-state index >= 15 is 0 Å². The van der Waals surface area contributed by atoms with E-state index in [1.54, 1.807) is 0 Å². The van der Waals surface area contributed by atoms with Crippen molar-refractivity contribution in [2.45, 2.75) is 38.8 Å². The van der Waals surface area contributed by atoms with Gasteiger partial charge in [-0.15, -0.1) is 0 Å². The second-order valence-electron chi connectivity index (χ2n) is 6.18. The maximum atomic E-state index is 12.9. The van der Waals surface area contributed by atoms with Gasteiger partial charge in [0.1, 0.15) is 18.3 Å². The maximum absolute atomic E-state index is 12.9. The Morgan fingerprint density at radius 2 is 2.04 bits per heavy atom. The number of amides is 2. The number of para-hydroxylation sites is 1. The summed E-state index contributed by atoms with van der Waals surface area (Å²) >= 11 is 0. The van der Waals surface area contributed by atoms with E-state index in [9.17, 15) is 23.2 Å². The predicted molar refractivity (Wildman–Crippen MR) is 91.6 cm³/mol. The summed E-state index contributed by atoms with van der Waals surface area (Å²) < 4.78 is 29.6. The Balaban J connectivity index is 2.23. The molecular formula is C18H22F2N2O5. The smallest absolute Gasteiger partial charge is 0.387 e. The first-order valence-electron chi connectivity index (χ1n) is 8.70. The summed E-state index contributed by atoms with van der Waals surface area (Å²) in [5.74, 6) is -2.43. The highest BCUT2D eigenvalue weighted by atomic mass is 19.3. The third kappa shape index (κ3) is 5.15. The van der Waals surface area contributed by atoms with E-state index in [1.165, 1.54) is 34.1 Å². The number of benzene rings is 1. The van der Waals surface area contributed by atoms with Gasteiger partial charge in [0, 0.05) is 13.1 Å². The highest BCUT2D eigenvalue weighted by Gasteiger charge is 2.38. The van der Waals surface area contributed by atoms with Crippen molar-refractivity contribution < 1.29 is 33.0 Å². The average Bonchev–Trinajstić information content (AvgIpc) is 3.09. The lowest BCUT2D eigenvalue weighted by Crippen LogP contribution is -2.49. The van der Waals surface area contributed by atoms with Crippen molar-refractivity contribution in [1.29, 1.82) is 0 Å². The van der Waals surface area contributed by atoms with E-state index in [1.807, 2.05) is 6.92 Å². The summed E-state index contributed by atoms with van der Waals surface area (Å²) in [4.78, 5) is 39.2. The summed E-state index contributed by atoms with van der Waals surface area (Å²) in [5, 5.41) is 9.01. The molecule has 1 aromatic carbocycles. The Hall–Kier alpha value is -2.71. The Labute approximate surface area is 155 Å². The Morgan fingerprint density at radius 3 is 2.67 bits per heavy atom. The van der Waals surface area contributed by atoms with E-state index < -0.39 is 37.0 Å². The van der Waals surface area contributed by atoms with E-state index in [-0.39, 0.29) is 24.4 Å². The third-order valence-electron chi connectivity index (χ3n) is 4.26. The van der Waals surface area contributed by atoms with Gasteiger partial charge in [-0.3, -0.25) is 14.4 Å². The molecule has 0 aromatic heterocycles. The molecule has 1 heterocycles. The van der Waals surface area contributed by atoms with Crippen molar-refractivity contribution in [3.8, 4) is 5.75 Å². The lowest BCUT2D eigenvalue weighted by Gasteiger charge is -2.29. The molecule has 0 aliphatic carbocycles. The van der Waals surface area contributed by atoms with Gasteiger partial charge in [0.25, 0.3) is 5.91 Å². The fraction of sp³-hybridized carbons (Fsp3) is 0.500. The van der Waals surface area contributed by atoms with Gasteiger partial charge in [-0.05, 0) is 31.4 Å². The lowest BCUT2D eigenvalue weighted by molar-refractivity contribution is -0.146. The maximum Gasteiger partial charge on any atom is 0.387 e. The highest BCUT2D eigenvalue weighted by Crippen LogP contribution is 2.27. The van der Waals surface area contributed by atoms with Crippen LogP contribution in [0.3, 0.4) is 0 Å². The van der Waals surface area contributed by atoms with Gasteiger partial charge < -0.3 is 19.6 Å². The number of hydrogen-bond donors (Lipinski definition) is 1. The van der Waals surface area contributed by atoms with Gasteiger partial charge in [-0.25, -0.2) is 0 Å². The second-order valence-corrected chi connectivity index (χ2v) is 6.18. The van der Waals surface area contributed by atoms with Gasteiger partial charge >= 0.3 is 12.6 Å². The SMILES string of the molecule is CCCN(CC(=O)O)C(=O)C1CCCN1C(=O)c1ccccc1OC(F)F. The molecule has 1 fully saturated rings. The van der Waals surface area contributed by atoms with Gasteiger partial charge in [0.05, 0.1) is 5.56 Å². The standard InChI is InChI=1S/C18H22F2N2O5/c1-2-9-21(11-15(23)24)17(26)13-7-5-10-22(13)16(25)12-6-3-4-8-14(12)27-18(19)20/h3-4,6,8,13,18H,2,5,7,9-11H2,1H3,(H,23,24). The van der Waals surface area contributed by atoms with Crippen molar-refractivity contribution >= 4 is 17.8 Å². The molecule has 2 amide bonds. The number of alkyl halides is 2. The molecule has 2 rings (SSSR count). The quantitative estimate of drug-likeness (QED) is 0.743. The summed E-state index contributed by atoms with van der Waals surface area (Å²) in [6.45, 7) is -1.17. The molecule has 1 aliphatic heterocycles. The molecule has 1 atom stereocenters. The molecule has 1 saturated heterocycles. The number of carbonyl (C=O) groups is 3. The Kier molecular flexibility index (Phi) is 7.09. The Bertz CT molecular complexity index is 698. The number of aliphatic carboxylic acids is 1. The fourth-order valence-electron chi connectivity index (χ4n) is 3.17. The van der Waals surface area contributed by atoms with E-state index in [2.05, 4.69) is 4.74 Å². The monoisotopic (exact) mass is 384 g/mol. The van der Waals surface area contributed by atoms with Crippen LogP contribution in [0.1, 0.15) is 36.5 Å². The van der Waals surface area contributed by atoms with Gasteiger partial charge in [0.2, 0.25) is 5.91 Å². The number of hydrogen-bond acceptors (Lipinski definition) is 4. The predicted octanol–water partition coefficient (Wildman–Crippen LogP) is 2.22. The number of nitrogens with zero attached hydrogens (tertiary/aromatic N) is 2. The first kappa shape index (κ1) is 20.6. The van der Waals surface area contributed by atoms with Crippen molar-refractivity contribution in [2.24, 2.45) is 0 Å². The van der Waals surface area contributed by atoms with Gasteiger partial charge in [-0.2, -0.15) is 8.78 Å². The summed E-state index contributed by atoms with van der Waals surface area (Å²) in [5.41, 5.74) is -0.0576. The molecular weight excluding hydrogens is 362 g/mol. The molecule has 0 bridgehead atoms. The summed E-state index contributed by atoms with van der Waals surface area (Å²) in [7, 11) is 0. The lowest BCUT2D eigenvalue weighted by atomic mass is 10.1. The number of halogens is 2. The normalized spacial score (nSPS) is 16.4. The zero-order chi connectivity index (χ0) is 20.0. The van der Waals surface area contributed by atoms with Crippen molar-refractivity contribution in [3.63, 3.8) is 0 Å². The zero-order valence-corrected chi connectivity index (χ0v) is 14.9. The summed E-state index contributed by atoms with van der Waals surface area (Å²) in [6, 6.07) is 4.80. The third-order valence-corrected chi connectivity index (χ3v) is 4.26. The summed E-state index contributed by atoms with van der Waals surface area (Å²) in [6.07, 6.45) is 1.53. The first-order valence-corrected chi connectivity index (χ1v) is 8.70. The van der Waals surface area contributed by atoms with Crippen LogP contribution in [-0.4, -0.2) is 65.0 Å². The van der Waals surface area contributed by atoms with E-state index in [4.69, 9.17) is 5.11 Å². The molecule has 1 N–H and O–H groups in total. The fourth-order valence-corrected chi connectivity index (χ4v) is 3.17. The highest BCUT2D eigenvalue weighted by molar-refractivity contribution is 6.00. The second kappa shape index (κ2) is 9.29. The molecule has 1 aromatic rings. The van der Waals surface area contributed by atoms with Crippen molar-refractivity contribution in [2.75, 3.05) is 19.6 Å². The van der Waals surface area contributed by atoms with Gasteiger partial charge in [0.15, 0.2) is 0 Å². The topological polar surface area (TPSA) is 87.2 Å². The number of ether oxygens (including phenoxy) is 1. The minimum atomic E-state index is -3.08. The number of likely N-dealkylation sites (tertiary alicyclic amines) is 1. The molecule has 9 heteroatoms. The largest absolute Gasteiger partial charge is 0.480 e. The molecule has 27 heavy (non-hydrogen) atoms. The Morgan fingerprint density at radius 1 is 1.33 bits per heavy atom. The van der Waals surface area contributed by atoms with Crippen LogP contribution in [0.25, 0.3) is 0 Å². The number of rotatable bonds is 8. The van der Waals surface area contributed by atoms with Crippen LogP contribution in [0, 0.1) is 0 Å². The van der Waals surface area contributed by atoms with Crippen LogP contribution in [-0.2, 0) is 9.59 Å². The van der Waals surface area contributed by atoms with Crippen LogP contribution >= 0.6 is 0 Å². The first-order chi connectivity index (χ1) is 12.8. The number of carboxylic acid groups (broad SMARTS) is 1. The minimum Gasteiger partial charge on any atom is -0.480 e.